The van der Waals surface area contributed by atoms with Crippen molar-refractivity contribution in [1.82, 2.24) is 0 Å². The van der Waals surface area contributed by atoms with E-state index in [0.717, 1.165) is 11.8 Å². The third kappa shape index (κ3) is 10.9. The maximum Gasteiger partial charge on any atom is 0.106 e. The van der Waals surface area contributed by atoms with Crippen LogP contribution in [0.1, 0.15) is 6.42 Å². The van der Waals surface area contributed by atoms with Crippen LogP contribution in [0.2, 0.25) is 0 Å². The summed E-state index contributed by atoms with van der Waals surface area (Å²) < 4.78 is 0. The molecule has 2 bridgehead atoms. The molecule has 0 heterocycles. The summed E-state index contributed by atoms with van der Waals surface area (Å²) in [5.74, 6) is 1.62. The molecule has 16 heavy (non-hydrogen) atoms. The van der Waals surface area contributed by atoms with Gasteiger partial charge < -0.3 is 19.2 Å². The van der Waals surface area contributed by atoms with Crippen LogP contribution in [0.3, 0.4) is 0 Å². The molecule has 90 valence electrons. The largest absolute Gasteiger partial charge is 0.307 e. The van der Waals surface area contributed by atoms with Crippen LogP contribution in [0.25, 0.3) is 0 Å². The second-order valence-electron chi connectivity index (χ2n) is 2.33. The van der Waals surface area contributed by atoms with E-state index >= 15 is 0 Å². The van der Waals surface area contributed by atoms with E-state index in [4.69, 9.17) is 19.2 Å². The Morgan fingerprint density at radius 1 is 0.625 bits per heavy atom. The fraction of sp³-hybridized carbons (Fsp3) is 0.273. The first kappa shape index (κ1) is 24.2. The molecule has 0 unspecified atom stereocenters. The van der Waals surface area contributed by atoms with Gasteiger partial charge in [0.25, 0.3) is 0 Å². The quantitative estimate of drug-likeness (QED) is 0.495. The number of carbonyl (C=O) groups is 4. The van der Waals surface area contributed by atoms with E-state index in [2.05, 4.69) is 24.3 Å². The molecule has 0 saturated carbocycles. The molecule has 0 aromatic heterocycles. The van der Waals surface area contributed by atoms with E-state index in [-0.39, 0.29) is 21.1 Å². The first-order valence-electron chi connectivity index (χ1n) is 3.97. The van der Waals surface area contributed by atoms with Crippen molar-refractivity contribution in [2.75, 3.05) is 0 Å². The Kier molecular flexibility index (Phi) is 35.6. The third-order valence-corrected chi connectivity index (χ3v) is 1.76. The summed E-state index contributed by atoms with van der Waals surface area (Å²) in [7, 11) is 0. The number of allylic oxidation sites excluding steroid dienone is 4. The molecule has 0 aromatic carbocycles. The average molecular weight is 308 g/mol. The number of hydrogen-bond donors (Lipinski definition) is 0. The number of fused-ring (bicyclic) bond motifs is 2. The van der Waals surface area contributed by atoms with E-state index in [1.165, 1.54) is 6.42 Å². The summed E-state index contributed by atoms with van der Waals surface area (Å²) in [6.45, 7) is 8.00. The van der Waals surface area contributed by atoms with E-state index < -0.39 is 0 Å². The van der Waals surface area contributed by atoms with Gasteiger partial charge in [0.15, 0.2) is 0 Å². The van der Waals surface area contributed by atoms with Crippen LogP contribution in [0.4, 0.5) is 0 Å². The van der Waals surface area contributed by atoms with Crippen LogP contribution in [0, 0.1) is 11.8 Å². The third-order valence-electron chi connectivity index (χ3n) is 1.76. The molecule has 0 amide bonds. The van der Waals surface area contributed by atoms with E-state index in [1.54, 1.807) is 0 Å². The van der Waals surface area contributed by atoms with Crippen molar-refractivity contribution in [3.05, 3.63) is 24.3 Å². The molecule has 5 heteroatoms. The van der Waals surface area contributed by atoms with Crippen molar-refractivity contribution in [2.24, 2.45) is 11.8 Å². The zero-order valence-corrected chi connectivity index (χ0v) is 11.0. The zero-order valence-electron chi connectivity index (χ0n) is 9.04. The first-order valence-corrected chi connectivity index (χ1v) is 3.97. The summed E-state index contributed by atoms with van der Waals surface area (Å²) >= 11 is 0. The fourth-order valence-electron chi connectivity index (χ4n) is 1.33. The van der Waals surface area contributed by atoms with Gasteiger partial charge in [-0.15, -0.1) is 0 Å². The average Bonchev–Trinajstić information content (AvgIpc) is 3.04. The first-order chi connectivity index (χ1) is 7.45. The molecule has 0 atom stereocenters. The van der Waals surface area contributed by atoms with E-state index in [1.807, 2.05) is 27.2 Å². The zero-order chi connectivity index (χ0) is 12.7. The Morgan fingerprint density at radius 2 is 0.812 bits per heavy atom. The van der Waals surface area contributed by atoms with Gasteiger partial charge in [-0.1, -0.05) is 24.3 Å². The molecule has 0 aliphatic heterocycles. The van der Waals surface area contributed by atoms with E-state index in [0.29, 0.717) is 0 Å². The molecular weight excluding hydrogens is 292 g/mol. The van der Waals surface area contributed by atoms with E-state index in [9.17, 15) is 0 Å². The maximum atomic E-state index is 8.00. The molecule has 0 fully saturated rings. The minimum atomic E-state index is 0. The van der Waals surface area contributed by atoms with Crippen molar-refractivity contribution >= 4 is 27.2 Å². The predicted molar refractivity (Wildman–Crippen MR) is 58.4 cm³/mol. The molecule has 0 spiro atoms. The van der Waals surface area contributed by atoms with Crippen LogP contribution in [0.15, 0.2) is 24.3 Å². The SMILES string of the molecule is C1=CC2C=CC1C2.C=O.C=O.C=O.C=O.[Mo]. The Labute approximate surface area is 110 Å². The Balaban J connectivity index is -0.0000000705. The summed E-state index contributed by atoms with van der Waals surface area (Å²) in [6.07, 6.45) is 10.5. The second kappa shape index (κ2) is 23.6. The van der Waals surface area contributed by atoms with Crippen molar-refractivity contribution in [3.8, 4) is 0 Å². The van der Waals surface area contributed by atoms with Gasteiger partial charge in [-0.05, 0) is 18.3 Å². The second-order valence-corrected chi connectivity index (χ2v) is 2.33. The molecule has 0 N–H and O–H groups in total. The minimum absolute atomic E-state index is 0. The van der Waals surface area contributed by atoms with Crippen molar-refractivity contribution in [2.45, 2.75) is 6.42 Å². The van der Waals surface area contributed by atoms with Gasteiger partial charge in [0.1, 0.15) is 27.2 Å². The topological polar surface area (TPSA) is 68.3 Å². The summed E-state index contributed by atoms with van der Waals surface area (Å²) in [6, 6.07) is 0. The minimum Gasteiger partial charge on any atom is -0.307 e. The molecule has 2 rings (SSSR count). The van der Waals surface area contributed by atoms with Gasteiger partial charge in [-0.2, -0.15) is 0 Å². The van der Waals surface area contributed by atoms with Crippen LogP contribution in [-0.4, -0.2) is 27.2 Å². The number of rotatable bonds is 0. The maximum absolute atomic E-state index is 8.00. The smallest absolute Gasteiger partial charge is 0.106 e. The standard InChI is InChI=1S/C7H8.4CH2O.Mo/c1-2-7-4-3-6(1)5-7;4*1-2;/h1-4,6-7H,5H2;4*1H2;. The summed E-state index contributed by atoms with van der Waals surface area (Å²) in [4.78, 5) is 32.0. The summed E-state index contributed by atoms with van der Waals surface area (Å²) in [5.41, 5.74) is 0. The number of hydrogen-bond acceptors (Lipinski definition) is 4. The van der Waals surface area contributed by atoms with Crippen molar-refractivity contribution in [3.63, 3.8) is 0 Å². The molecule has 2 aliphatic rings. The van der Waals surface area contributed by atoms with Crippen LogP contribution in [-0.2, 0) is 40.2 Å². The predicted octanol–water partition coefficient (Wildman–Crippen LogP) is 1.01. The van der Waals surface area contributed by atoms with Gasteiger partial charge in [-0.3, -0.25) is 0 Å². The van der Waals surface area contributed by atoms with Gasteiger partial charge in [0.05, 0.1) is 0 Å². The monoisotopic (exact) mass is 310 g/mol. The van der Waals surface area contributed by atoms with Crippen molar-refractivity contribution < 1.29 is 40.2 Å². The van der Waals surface area contributed by atoms with Crippen LogP contribution < -0.4 is 0 Å². The van der Waals surface area contributed by atoms with Crippen LogP contribution in [0.5, 0.6) is 0 Å². The molecule has 4 nitrogen and oxygen atoms in total. The van der Waals surface area contributed by atoms with Gasteiger partial charge in [0.2, 0.25) is 0 Å². The molecular formula is C11H16MoO4. The Bertz CT molecular complexity index is 158. The number of carbonyl (C=O) groups excluding carboxylic acids is 4. The van der Waals surface area contributed by atoms with Gasteiger partial charge in [0, 0.05) is 21.1 Å². The van der Waals surface area contributed by atoms with Crippen molar-refractivity contribution in [1.29, 1.82) is 0 Å². The van der Waals surface area contributed by atoms with Gasteiger partial charge in [-0.25, -0.2) is 0 Å². The van der Waals surface area contributed by atoms with Gasteiger partial charge >= 0.3 is 0 Å². The molecule has 2 aliphatic carbocycles. The molecule has 0 radical (unpaired) electrons. The van der Waals surface area contributed by atoms with Crippen LogP contribution >= 0.6 is 0 Å². The normalized spacial score (nSPS) is 20.0. The Hall–Kier alpha value is -1.15. The molecule has 0 saturated heterocycles. The molecule has 0 aromatic rings. The summed E-state index contributed by atoms with van der Waals surface area (Å²) in [5, 5.41) is 0. The Morgan fingerprint density at radius 3 is 0.875 bits per heavy atom. The fourth-order valence-corrected chi connectivity index (χ4v) is 1.33.